The van der Waals surface area contributed by atoms with Crippen LogP contribution in [-0.4, -0.2) is 35.7 Å². The summed E-state index contributed by atoms with van der Waals surface area (Å²) in [5.74, 6) is 0.604. The maximum atomic E-state index is 11.0. The molecule has 0 saturated carbocycles. The van der Waals surface area contributed by atoms with Gasteiger partial charge in [0.05, 0.1) is 13.1 Å². The summed E-state index contributed by atoms with van der Waals surface area (Å²) in [7, 11) is 0. The molecule has 0 aliphatic heterocycles. The Morgan fingerprint density at radius 1 is 0.651 bits per heavy atom. The number of phenols is 2. The van der Waals surface area contributed by atoms with E-state index in [-0.39, 0.29) is 55.3 Å². The molecule has 0 bridgehead atoms. The van der Waals surface area contributed by atoms with Crippen molar-refractivity contribution in [3.63, 3.8) is 0 Å². The van der Waals surface area contributed by atoms with Crippen LogP contribution in [0.4, 0.5) is 0 Å². The minimum atomic E-state index is -0.171. The molecule has 0 amide bonds. The van der Waals surface area contributed by atoms with Crippen LogP contribution in [0, 0.1) is 29.2 Å². The molecule has 0 saturated heterocycles. The second-order valence-electron chi connectivity index (χ2n) is 13.5. The second kappa shape index (κ2) is 19.3. The van der Waals surface area contributed by atoms with E-state index in [1.165, 1.54) is 36.8 Å². The Kier molecular flexibility index (Phi) is 20.4. The molecule has 0 unspecified atom stereocenters. The van der Waals surface area contributed by atoms with E-state index in [4.69, 9.17) is 0 Å². The number of aliphatic imine (C=N–C) groups is 2. The number of aryl methyl sites for hydroxylation is 1. The number of hydrogen-bond donors (Lipinski definition) is 2. The molecule has 0 atom stereocenters. The molecule has 2 aromatic carbocycles. The van der Waals surface area contributed by atoms with Gasteiger partial charge in [-0.05, 0) is 64.8 Å². The van der Waals surface area contributed by atoms with Crippen molar-refractivity contribution >= 4 is 12.4 Å². The van der Waals surface area contributed by atoms with Gasteiger partial charge in [-0.1, -0.05) is 100 Å². The summed E-state index contributed by atoms with van der Waals surface area (Å²) in [6.45, 7) is 22.8. The topological polar surface area (TPSA) is 65.2 Å². The van der Waals surface area contributed by atoms with Gasteiger partial charge in [0.1, 0.15) is 11.5 Å². The molecular weight excluding hydrogens is 575 g/mol. The molecule has 0 aromatic heterocycles. The summed E-state index contributed by atoms with van der Waals surface area (Å²) < 4.78 is 0. The zero-order valence-electron chi connectivity index (χ0n) is 29.7. The van der Waals surface area contributed by atoms with E-state index in [0.717, 1.165) is 35.1 Å². The third kappa shape index (κ3) is 12.8. The van der Waals surface area contributed by atoms with Crippen LogP contribution in [-0.2, 0) is 33.0 Å². The molecule has 2 N–H and O–H groups in total. The molecule has 0 heterocycles. The monoisotopic (exact) mass is 638 g/mol. The average molecular weight is 639 g/mol. The quantitative estimate of drug-likeness (QED) is 0.138. The summed E-state index contributed by atoms with van der Waals surface area (Å²) in [4.78, 5) is 9.18. The molecule has 0 aliphatic carbocycles. The fourth-order valence-electron chi connectivity index (χ4n) is 5.00. The minimum absolute atomic E-state index is 0. The van der Waals surface area contributed by atoms with Crippen LogP contribution in [0.5, 0.6) is 11.5 Å². The summed E-state index contributed by atoms with van der Waals surface area (Å²) in [6.07, 6.45) is 10.6. The number of benzene rings is 2. The largest absolute Gasteiger partial charge is 0.507 e. The second-order valence-corrected chi connectivity index (χ2v) is 13.5. The molecule has 0 aliphatic rings. The molecule has 249 valence electrons. The zero-order chi connectivity index (χ0) is 29.4. The van der Waals surface area contributed by atoms with Gasteiger partial charge in [0.15, 0.2) is 0 Å². The number of phenolic OH excluding ortho intramolecular Hbond substituents is 2. The molecule has 4 nitrogen and oxygen atoms in total. The van der Waals surface area contributed by atoms with Crippen molar-refractivity contribution in [3.05, 3.63) is 79.9 Å². The van der Waals surface area contributed by atoms with E-state index >= 15 is 0 Å². The van der Waals surface area contributed by atoms with Crippen LogP contribution in [0.1, 0.15) is 134 Å². The van der Waals surface area contributed by atoms with Crippen LogP contribution in [0.3, 0.4) is 0 Å². The van der Waals surface area contributed by atoms with Crippen molar-refractivity contribution in [3.8, 4) is 11.5 Å². The molecule has 2 rings (SSSR count). The Hall–Kier alpha value is -2.11. The Balaban J connectivity index is -0.00000400. The average Bonchev–Trinajstić information content (AvgIpc) is 2.85. The predicted octanol–water partition coefficient (Wildman–Crippen LogP) is 10.5. The van der Waals surface area contributed by atoms with E-state index in [1.807, 2.05) is 13.0 Å². The minimum Gasteiger partial charge on any atom is -0.507 e. The summed E-state index contributed by atoms with van der Waals surface area (Å²) >= 11 is 0. The molecule has 2 aromatic rings. The fourth-order valence-corrected chi connectivity index (χ4v) is 5.00. The number of hydrogen-bond acceptors (Lipinski definition) is 4. The third-order valence-electron chi connectivity index (χ3n) is 7.82. The van der Waals surface area contributed by atoms with E-state index in [2.05, 4.69) is 90.5 Å². The Bertz CT molecular complexity index is 1150. The summed E-state index contributed by atoms with van der Waals surface area (Å²) in [5.41, 5.74) is 5.74. The van der Waals surface area contributed by atoms with Gasteiger partial charge in [-0.2, -0.15) is 0 Å². The first-order chi connectivity index (χ1) is 18.1. The van der Waals surface area contributed by atoms with E-state index in [0.29, 0.717) is 24.6 Å². The van der Waals surface area contributed by atoms with Gasteiger partial charge in [-0.15, -0.1) is 0 Å². The van der Waals surface area contributed by atoms with Gasteiger partial charge in [-0.25, -0.2) is 0 Å². The molecule has 0 spiro atoms. The predicted molar refractivity (Wildman–Crippen MR) is 189 cm³/mol. The molecule has 5 heteroatoms. The Morgan fingerprint density at radius 2 is 1.09 bits per heavy atom. The fraction of sp³-hybridized carbons (Fsp3) is 0.553. The standard InChI is InChI=1S/C35H54N2O2.3CH3.Co/c1-11-13-15-35(10,16-14-12-2)29-19-25(3)31(38)26(21-29)23-36-17-18-37-24-27-20-28(33(4,5)6)22-30(32(27)39)34(7,8)9;;;;/h19-24,38-39H,11-18H2,1-10H3;3*1H3;/q;3*-1;. The smallest absolute Gasteiger partial charge is 0.128 e. The van der Waals surface area contributed by atoms with Crippen molar-refractivity contribution in [1.82, 2.24) is 0 Å². The van der Waals surface area contributed by atoms with E-state index in [1.54, 1.807) is 12.4 Å². The molecule has 1 radical (unpaired) electrons. The van der Waals surface area contributed by atoms with Gasteiger partial charge in [0, 0.05) is 45.9 Å². The van der Waals surface area contributed by atoms with Crippen LogP contribution < -0.4 is 0 Å². The van der Waals surface area contributed by atoms with Crippen molar-refractivity contribution in [2.75, 3.05) is 13.1 Å². The summed E-state index contributed by atoms with van der Waals surface area (Å²) in [5, 5.41) is 21.7. The van der Waals surface area contributed by atoms with Crippen molar-refractivity contribution < 1.29 is 27.0 Å². The Labute approximate surface area is 277 Å². The maximum absolute atomic E-state index is 11.0. The SMILES string of the molecule is CCCCC(C)(CCCC)c1cc(C)c(O)c(C=NCCN=Cc2cc(C(C)(C)C)cc(C(C)(C)C)c2O)c1.[CH3-].[CH3-].[CH3-].[Co]. The van der Waals surface area contributed by atoms with Gasteiger partial charge in [0.25, 0.3) is 0 Å². The third-order valence-corrected chi connectivity index (χ3v) is 7.82. The van der Waals surface area contributed by atoms with Crippen molar-refractivity contribution in [2.45, 2.75) is 124 Å². The molecule has 43 heavy (non-hydrogen) atoms. The Morgan fingerprint density at radius 3 is 1.51 bits per heavy atom. The zero-order valence-corrected chi connectivity index (χ0v) is 30.8. The van der Waals surface area contributed by atoms with Gasteiger partial charge in [0.2, 0.25) is 0 Å². The van der Waals surface area contributed by atoms with Crippen LogP contribution in [0.15, 0.2) is 34.3 Å². The number of nitrogens with zero attached hydrogens (tertiary/aromatic N) is 2. The molecule has 0 fully saturated rings. The first-order valence-electron chi connectivity index (χ1n) is 14.9. The van der Waals surface area contributed by atoms with Crippen LogP contribution in [0.2, 0.25) is 0 Å². The van der Waals surface area contributed by atoms with E-state index in [9.17, 15) is 10.2 Å². The van der Waals surface area contributed by atoms with E-state index < -0.39 is 0 Å². The first-order valence-corrected chi connectivity index (χ1v) is 14.9. The number of aromatic hydroxyl groups is 2. The normalized spacial score (nSPS) is 12.0. The summed E-state index contributed by atoms with van der Waals surface area (Å²) in [6, 6.07) is 8.45. The van der Waals surface area contributed by atoms with Crippen molar-refractivity contribution in [2.24, 2.45) is 9.98 Å². The first kappa shape index (κ1) is 45.3. The van der Waals surface area contributed by atoms with Gasteiger partial charge in [-0.3, -0.25) is 9.98 Å². The number of rotatable bonds is 12. The van der Waals surface area contributed by atoms with Crippen molar-refractivity contribution in [1.29, 1.82) is 0 Å². The van der Waals surface area contributed by atoms with Gasteiger partial charge < -0.3 is 32.5 Å². The molecular formula is C38H63CoN2O2-3. The van der Waals surface area contributed by atoms with Crippen LogP contribution >= 0.6 is 0 Å². The van der Waals surface area contributed by atoms with Gasteiger partial charge >= 0.3 is 0 Å². The number of unbranched alkanes of at least 4 members (excludes halogenated alkanes) is 2. The van der Waals surface area contributed by atoms with Crippen LogP contribution in [0.25, 0.3) is 0 Å². The maximum Gasteiger partial charge on any atom is 0.128 e.